The van der Waals surface area contributed by atoms with Crippen molar-refractivity contribution in [2.24, 2.45) is 0 Å². The van der Waals surface area contributed by atoms with Crippen molar-refractivity contribution in [1.82, 2.24) is 4.98 Å². The van der Waals surface area contributed by atoms with Gasteiger partial charge in [-0.2, -0.15) is 13.8 Å². The van der Waals surface area contributed by atoms with Crippen LogP contribution in [0.5, 0.6) is 0 Å². The molecule has 0 bridgehead atoms. The molecule has 0 saturated carbocycles. The molecule has 0 aliphatic rings. The zero-order valence-electron chi connectivity index (χ0n) is 4.54. The first-order valence-electron chi connectivity index (χ1n) is 2.28. The predicted octanol–water partition coefficient (Wildman–Crippen LogP) is 2.10. The lowest BCUT2D eigenvalue weighted by molar-refractivity contribution is 0.479. The van der Waals surface area contributed by atoms with E-state index >= 15 is 0 Å². The fraction of sp³-hybridized carbons (Fsp3) is 0. The van der Waals surface area contributed by atoms with Crippen molar-refractivity contribution >= 4 is 22.6 Å². The summed E-state index contributed by atoms with van der Waals surface area (Å²) in [6.45, 7) is 0. The molecule has 0 radical (unpaired) electrons. The van der Waals surface area contributed by atoms with Gasteiger partial charge in [0.15, 0.2) is 0 Å². The van der Waals surface area contributed by atoms with Crippen LogP contribution in [-0.2, 0) is 0 Å². The summed E-state index contributed by atoms with van der Waals surface area (Å²) in [6, 6.07) is 0.533. The van der Waals surface area contributed by atoms with E-state index in [1.54, 1.807) is 0 Å². The number of halogens is 4. The molecular formula is C5HF3IN. The first-order chi connectivity index (χ1) is 4.61. The Morgan fingerprint density at radius 3 is 2.40 bits per heavy atom. The van der Waals surface area contributed by atoms with Gasteiger partial charge in [-0.25, -0.2) is 4.39 Å². The van der Waals surface area contributed by atoms with Gasteiger partial charge in [-0.3, -0.25) is 0 Å². The van der Waals surface area contributed by atoms with Crippen LogP contribution in [-0.4, -0.2) is 4.98 Å². The summed E-state index contributed by atoms with van der Waals surface area (Å²) >= 11 is 1.41. The molecule has 0 aromatic carbocycles. The Kier molecular flexibility index (Phi) is 2.12. The maximum atomic E-state index is 12.3. The Morgan fingerprint density at radius 2 is 1.90 bits per heavy atom. The summed E-state index contributed by atoms with van der Waals surface area (Å²) < 4.78 is 36.3. The molecule has 0 saturated heterocycles. The number of hydrogen-bond acceptors (Lipinski definition) is 1. The predicted molar refractivity (Wildman–Crippen MR) is 36.8 cm³/mol. The number of pyridine rings is 1. The third kappa shape index (κ3) is 1.39. The summed E-state index contributed by atoms with van der Waals surface area (Å²) in [5, 5.41) is 0. The summed E-state index contributed by atoms with van der Waals surface area (Å²) in [5.41, 5.74) is 0. The van der Waals surface area contributed by atoms with Crippen LogP contribution in [0.15, 0.2) is 6.07 Å². The van der Waals surface area contributed by atoms with E-state index in [-0.39, 0.29) is 3.57 Å². The van der Waals surface area contributed by atoms with Gasteiger partial charge in [0.2, 0.25) is 11.9 Å². The van der Waals surface area contributed by atoms with Gasteiger partial charge in [0.05, 0.1) is 0 Å². The lowest BCUT2D eigenvalue weighted by Crippen LogP contribution is -1.95. The average Bonchev–Trinajstić information content (AvgIpc) is 1.82. The minimum Gasteiger partial charge on any atom is -0.205 e. The van der Waals surface area contributed by atoms with Gasteiger partial charge in [0, 0.05) is 6.07 Å². The van der Waals surface area contributed by atoms with E-state index in [1.165, 1.54) is 22.6 Å². The molecule has 1 aromatic rings. The summed E-state index contributed by atoms with van der Waals surface area (Å²) in [7, 11) is 0. The third-order valence-electron chi connectivity index (χ3n) is 0.842. The molecule has 54 valence electrons. The second-order valence-corrected chi connectivity index (χ2v) is 2.61. The highest BCUT2D eigenvalue weighted by molar-refractivity contribution is 14.1. The van der Waals surface area contributed by atoms with Crippen molar-refractivity contribution in [3.8, 4) is 0 Å². The molecule has 0 aliphatic carbocycles. The zero-order chi connectivity index (χ0) is 7.72. The summed E-state index contributed by atoms with van der Waals surface area (Å²) in [6.07, 6.45) is 0. The molecule has 1 aromatic heterocycles. The molecule has 0 fully saturated rings. The SMILES string of the molecule is Fc1cc(F)c(I)c(F)n1. The average molecular weight is 259 g/mol. The molecule has 1 nitrogen and oxygen atoms in total. The number of hydrogen-bond donors (Lipinski definition) is 0. The maximum Gasteiger partial charge on any atom is 0.231 e. The molecule has 0 aliphatic heterocycles. The molecule has 1 rings (SSSR count). The maximum absolute atomic E-state index is 12.3. The van der Waals surface area contributed by atoms with Crippen molar-refractivity contribution in [2.45, 2.75) is 0 Å². The van der Waals surface area contributed by atoms with Crippen molar-refractivity contribution in [3.05, 3.63) is 27.3 Å². The fourth-order valence-corrected chi connectivity index (χ4v) is 0.718. The van der Waals surface area contributed by atoms with Crippen LogP contribution >= 0.6 is 22.6 Å². The smallest absolute Gasteiger partial charge is 0.205 e. The minimum atomic E-state index is -1.14. The Bertz CT molecular complexity index is 240. The van der Waals surface area contributed by atoms with Gasteiger partial charge in [-0.1, -0.05) is 0 Å². The molecule has 0 unspecified atom stereocenters. The van der Waals surface area contributed by atoms with Crippen molar-refractivity contribution in [3.63, 3.8) is 0 Å². The van der Waals surface area contributed by atoms with Gasteiger partial charge >= 0.3 is 0 Å². The van der Waals surface area contributed by atoms with Crippen molar-refractivity contribution in [2.75, 3.05) is 0 Å². The summed E-state index contributed by atoms with van der Waals surface area (Å²) in [4.78, 5) is 2.75. The van der Waals surface area contributed by atoms with Gasteiger partial charge in [-0.05, 0) is 22.6 Å². The molecule has 0 spiro atoms. The first-order valence-corrected chi connectivity index (χ1v) is 3.36. The minimum absolute atomic E-state index is 0.293. The highest BCUT2D eigenvalue weighted by Crippen LogP contribution is 2.13. The molecule has 0 N–H and O–H groups in total. The standard InChI is InChI=1S/C5HF3IN/c6-2-1-3(7)10-5(8)4(2)9/h1H. The quantitative estimate of drug-likeness (QED) is 0.513. The highest BCUT2D eigenvalue weighted by atomic mass is 127. The molecule has 0 atom stereocenters. The van der Waals surface area contributed by atoms with Crippen LogP contribution in [0.3, 0.4) is 0 Å². The summed E-state index contributed by atoms with van der Waals surface area (Å²) in [5.74, 6) is -3.18. The number of aromatic nitrogens is 1. The van der Waals surface area contributed by atoms with Crippen LogP contribution in [0.1, 0.15) is 0 Å². The Morgan fingerprint density at radius 1 is 1.30 bits per heavy atom. The van der Waals surface area contributed by atoms with Crippen LogP contribution in [0.25, 0.3) is 0 Å². The van der Waals surface area contributed by atoms with Crippen molar-refractivity contribution < 1.29 is 13.2 Å². The van der Waals surface area contributed by atoms with Gasteiger partial charge in [0.1, 0.15) is 9.39 Å². The molecule has 10 heavy (non-hydrogen) atoms. The topological polar surface area (TPSA) is 12.9 Å². The van der Waals surface area contributed by atoms with Crippen LogP contribution in [0.4, 0.5) is 13.2 Å². The van der Waals surface area contributed by atoms with Crippen LogP contribution in [0, 0.1) is 21.3 Å². The van der Waals surface area contributed by atoms with E-state index in [0.717, 1.165) is 0 Å². The largest absolute Gasteiger partial charge is 0.231 e. The molecule has 0 amide bonds. The van der Waals surface area contributed by atoms with Crippen LogP contribution in [0.2, 0.25) is 0 Å². The van der Waals surface area contributed by atoms with Gasteiger partial charge in [0.25, 0.3) is 0 Å². The van der Waals surface area contributed by atoms with E-state index < -0.39 is 17.7 Å². The molecule has 5 heteroatoms. The van der Waals surface area contributed by atoms with Gasteiger partial charge < -0.3 is 0 Å². The number of rotatable bonds is 0. The van der Waals surface area contributed by atoms with E-state index in [1.807, 2.05) is 0 Å². The Hall–Kier alpha value is -0.330. The lowest BCUT2D eigenvalue weighted by Gasteiger charge is -1.93. The van der Waals surface area contributed by atoms with Crippen molar-refractivity contribution in [1.29, 1.82) is 0 Å². The fourth-order valence-electron chi connectivity index (χ4n) is 0.442. The number of nitrogens with zero attached hydrogens (tertiary/aromatic N) is 1. The van der Waals surface area contributed by atoms with E-state index in [4.69, 9.17) is 0 Å². The monoisotopic (exact) mass is 259 g/mol. The zero-order valence-corrected chi connectivity index (χ0v) is 6.69. The molecule has 1 heterocycles. The second kappa shape index (κ2) is 2.73. The first kappa shape index (κ1) is 7.77. The third-order valence-corrected chi connectivity index (χ3v) is 1.80. The highest BCUT2D eigenvalue weighted by Gasteiger charge is 2.08. The van der Waals surface area contributed by atoms with E-state index in [2.05, 4.69) is 4.98 Å². The van der Waals surface area contributed by atoms with Gasteiger partial charge in [-0.15, -0.1) is 0 Å². The lowest BCUT2D eigenvalue weighted by atomic mass is 10.5. The molecular weight excluding hydrogens is 258 g/mol. The Balaban J connectivity index is 3.31. The van der Waals surface area contributed by atoms with E-state index in [9.17, 15) is 13.2 Å². The van der Waals surface area contributed by atoms with E-state index in [0.29, 0.717) is 6.07 Å². The normalized spacial score (nSPS) is 10.0. The van der Waals surface area contributed by atoms with Crippen LogP contribution < -0.4 is 0 Å². The Labute approximate surface area is 68.4 Å². The second-order valence-electron chi connectivity index (χ2n) is 1.53.